The average molecular weight is 311 g/mol. The Morgan fingerprint density at radius 2 is 1.78 bits per heavy atom. The molecule has 120 valence electrons. The lowest BCUT2D eigenvalue weighted by atomic mass is 9.69. The number of hydrogen-bond donors (Lipinski definition) is 2. The molecular weight excluding hydrogens is 290 g/mol. The molecule has 0 atom stereocenters. The first kappa shape index (κ1) is 15.5. The molecule has 1 fully saturated rings. The summed E-state index contributed by atoms with van der Waals surface area (Å²) in [5.41, 5.74) is 7.86. The van der Waals surface area contributed by atoms with Crippen LogP contribution in [-0.2, 0) is 4.79 Å². The summed E-state index contributed by atoms with van der Waals surface area (Å²) in [6, 6.07) is 9.20. The second-order valence-corrected chi connectivity index (χ2v) is 6.35. The Hall–Kier alpha value is -2.43. The van der Waals surface area contributed by atoms with Crippen molar-refractivity contribution in [3.63, 3.8) is 0 Å². The van der Waals surface area contributed by atoms with Gasteiger partial charge in [0.15, 0.2) is 5.78 Å². The fraction of sp³-hybridized carbons (Fsp3) is 0.389. The molecule has 0 aliphatic heterocycles. The van der Waals surface area contributed by atoms with Gasteiger partial charge in [0.1, 0.15) is 5.41 Å². The smallest absolute Gasteiger partial charge is 0.231 e. The summed E-state index contributed by atoms with van der Waals surface area (Å²) < 4.78 is 0. The maximum absolute atomic E-state index is 12.9. The topological polar surface area (TPSA) is 88.8 Å². The predicted molar refractivity (Wildman–Crippen MR) is 87.8 cm³/mol. The minimum Gasteiger partial charge on any atom is -0.369 e. The van der Waals surface area contributed by atoms with Crippen molar-refractivity contribution in [1.82, 2.24) is 10.2 Å². The van der Waals surface area contributed by atoms with Crippen molar-refractivity contribution in [3.05, 3.63) is 41.6 Å². The molecule has 0 bridgehead atoms. The molecule has 1 aliphatic carbocycles. The number of nitrogens with two attached hydrogens (primary N) is 1. The number of hydrogen-bond acceptors (Lipinski definition) is 3. The van der Waals surface area contributed by atoms with Gasteiger partial charge in [0.25, 0.3) is 0 Å². The number of aromatic amines is 1. The highest BCUT2D eigenvalue weighted by molar-refractivity contribution is 6.13. The number of benzene rings is 1. The van der Waals surface area contributed by atoms with E-state index in [9.17, 15) is 9.59 Å². The van der Waals surface area contributed by atoms with E-state index < -0.39 is 11.3 Å². The number of nitrogens with one attached hydrogen (secondary N) is 1. The van der Waals surface area contributed by atoms with Gasteiger partial charge in [0.2, 0.25) is 5.91 Å². The van der Waals surface area contributed by atoms with Crippen LogP contribution < -0.4 is 5.73 Å². The molecule has 2 aromatic rings. The van der Waals surface area contributed by atoms with Gasteiger partial charge in [-0.25, -0.2) is 0 Å². The van der Waals surface area contributed by atoms with Gasteiger partial charge in [-0.05, 0) is 25.8 Å². The first-order chi connectivity index (χ1) is 11.0. The van der Waals surface area contributed by atoms with Gasteiger partial charge in [0.05, 0.1) is 5.69 Å². The van der Waals surface area contributed by atoms with Crippen molar-refractivity contribution in [2.45, 2.75) is 39.0 Å². The number of rotatable bonds is 4. The van der Waals surface area contributed by atoms with Crippen LogP contribution in [0.3, 0.4) is 0 Å². The monoisotopic (exact) mass is 311 g/mol. The summed E-state index contributed by atoms with van der Waals surface area (Å²) in [6.07, 6.45) is 3.92. The highest BCUT2D eigenvalue weighted by atomic mass is 16.2. The van der Waals surface area contributed by atoms with E-state index in [1.165, 1.54) is 0 Å². The lowest BCUT2D eigenvalue weighted by Crippen LogP contribution is -2.45. The number of carbonyl (C=O) groups is 2. The molecular formula is C18H21N3O2. The number of carbonyl (C=O) groups excluding carboxylic acids is 2. The van der Waals surface area contributed by atoms with E-state index in [1.54, 1.807) is 12.1 Å². The first-order valence-corrected chi connectivity index (χ1v) is 8.00. The van der Waals surface area contributed by atoms with Gasteiger partial charge in [0, 0.05) is 16.8 Å². The number of Topliss-reactive ketones (excluding diaryl/α,β-unsaturated/α-hetero) is 1. The molecule has 3 rings (SSSR count). The molecule has 1 saturated carbocycles. The molecule has 3 N–H and O–H groups in total. The number of aromatic nitrogens is 2. The van der Waals surface area contributed by atoms with Crippen molar-refractivity contribution in [2.24, 2.45) is 11.1 Å². The summed E-state index contributed by atoms with van der Waals surface area (Å²) >= 11 is 0. The highest BCUT2D eigenvalue weighted by Crippen LogP contribution is 2.39. The summed E-state index contributed by atoms with van der Waals surface area (Å²) in [6.45, 7) is 1.94. The Kier molecular flexibility index (Phi) is 4.03. The average Bonchev–Trinajstić information content (AvgIpc) is 3.01. The lowest BCUT2D eigenvalue weighted by molar-refractivity contribution is -0.126. The van der Waals surface area contributed by atoms with Gasteiger partial charge in [-0.2, -0.15) is 5.10 Å². The molecule has 1 amide bonds. The maximum Gasteiger partial charge on any atom is 0.231 e. The lowest BCUT2D eigenvalue weighted by Gasteiger charge is -2.32. The SMILES string of the molecule is Cc1cc(-c2ccc(C(=O)C3(C(N)=O)CCCCC3)cc2)n[nH]1. The number of amides is 1. The van der Waals surface area contributed by atoms with E-state index in [4.69, 9.17) is 5.73 Å². The van der Waals surface area contributed by atoms with Crippen molar-refractivity contribution < 1.29 is 9.59 Å². The van der Waals surface area contributed by atoms with E-state index in [-0.39, 0.29) is 5.78 Å². The summed E-state index contributed by atoms with van der Waals surface area (Å²) in [5, 5.41) is 7.11. The van der Waals surface area contributed by atoms with E-state index >= 15 is 0 Å². The van der Waals surface area contributed by atoms with E-state index in [0.29, 0.717) is 18.4 Å². The molecule has 5 nitrogen and oxygen atoms in total. The largest absolute Gasteiger partial charge is 0.369 e. The van der Waals surface area contributed by atoms with Crippen molar-refractivity contribution >= 4 is 11.7 Å². The third-order valence-corrected chi connectivity index (χ3v) is 4.76. The molecule has 0 saturated heterocycles. The molecule has 1 heterocycles. The minimum absolute atomic E-state index is 0.144. The standard InChI is InChI=1S/C18H21N3O2/c1-12-11-15(21-20-12)13-5-7-14(8-6-13)16(22)18(17(19)23)9-3-2-4-10-18/h5-8,11H,2-4,9-10H2,1H3,(H2,19,23)(H,20,21). The van der Waals surface area contributed by atoms with Crippen LogP contribution in [-0.4, -0.2) is 21.9 Å². The number of primary amides is 1. The van der Waals surface area contributed by atoms with Crippen LogP contribution in [0.4, 0.5) is 0 Å². The number of ketones is 1. The molecule has 0 spiro atoms. The van der Waals surface area contributed by atoms with Gasteiger partial charge >= 0.3 is 0 Å². The van der Waals surface area contributed by atoms with Crippen LogP contribution >= 0.6 is 0 Å². The Labute approximate surface area is 135 Å². The minimum atomic E-state index is -1.03. The van der Waals surface area contributed by atoms with Crippen LogP contribution in [0.2, 0.25) is 0 Å². The second-order valence-electron chi connectivity index (χ2n) is 6.35. The number of H-pyrrole nitrogens is 1. The summed E-state index contributed by atoms with van der Waals surface area (Å²) in [4.78, 5) is 24.9. The van der Waals surface area contributed by atoms with Crippen LogP contribution in [0.5, 0.6) is 0 Å². The normalized spacial score (nSPS) is 16.9. The molecule has 23 heavy (non-hydrogen) atoms. The van der Waals surface area contributed by atoms with Gasteiger partial charge in [-0.1, -0.05) is 43.5 Å². The fourth-order valence-corrected chi connectivity index (χ4v) is 3.38. The molecule has 1 aromatic carbocycles. The molecule has 1 aliphatic rings. The third kappa shape index (κ3) is 2.79. The van der Waals surface area contributed by atoms with Gasteiger partial charge in [-0.3, -0.25) is 14.7 Å². The second kappa shape index (κ2) is 5.99. The zero-order valence-corrected chi connectivity index (χ0v) is 13.3. The van der Waals surface area contributed by atoms with Crippen molar-refractivity contribution in [1.29, 1.82) is 0 Å². The van der Waals surface area contributed by atoms with E-state index in [0.717, 1.165) is 36.2 Å². The predicted octanol–water partition coefficient (Wildman–Crippen LogP) is 3.00. The van der Waals surface area contributed by atoms with Crippen molar-refractivity contribution in [2.75, 3.05) is 0 Å². The molecule has 0 radical (unpaired) electrons. The van der Waals surface area contributed by atoms with Crippen LogP contribution in [0.1, 0.15) is 48.2 Å². The van der Waals surface area contributed by atoms with Crippen LogP contribution in [0.15, 0.2) is 30.3 Å². The Morgan fingerprint density at radius 3 is 2.30 bits per heavy atom. The molecule has 5 heteroatoms. The number of aryl methyl sites for hydroxylation is 1. The first-order valence-electron chi connectivity index (χ1n) is 8.00. The van der Waals surface area contributed by atoms with Gasteiger partial charge in [-0.15, -0.1) is 0 Å². The van der Waals surface area contributed by atoms with Crippen LogP contribution in [0, 0.1) is 12.3 Å². The summed E-state index contributed by atoms with van der Waals surface area (Å²) in [7, 11) is 0. The Morgan fingerprint density at radius 1 is 1.13 bits per heavy atom. The van der Waals surface area contributed by atoms with E-state index in [2.05, 4.69) is 10.2 Å². The fourth-order valence-electron chi connectivity index (χ4n) is 3.38. The van der Waals surface area contributed by atoms with Gasteiger partial charge < -0.3 is 5.73 Å². The quantitative estimate of drug-likeness (QED) is 0.672. The van der Waals surface area contributed by atoms with E-state index in [1.807, 2.05) is 25.1 Å². The molecule has 0 unspecified atom stereocenters. The summed E-state index contributed by atoms with van der Waals surface area (Å²) in [5.74, 6) is -0.635. The Bertz CT molecular complexity index is 725. The highest BCUT2D eigenvalue weighted by Gasteiger charge is 2.45. The number of nitrogens with zero attached hydrogens (tertiary/aromatic N) is 1. The van der Waals surface area contributed by atoms with Crippen LogP contribution in [0.25, 0.3) is 11.3 Å². The third-order valence-electron chi connectivity index (χ3n) is 4.76. The maximum atomic E-state index is 12.9. The zero-order chi connectivity index (χ0) is 16.4. The molecule has 1 aromatic heterocycles. The zero-order valence-electron chi connectivity index (χ0n) is 13.3. The van der Waals surface area contributed by atoms with Crippen molar-refractivity contribution in [3.8, 4) is 11.3 Å². The Balaban J connectivity index is 1.88.